The first kappa shape index (κ1) is 13.1. The average molecular weight is 236 g/mol. The van der Waals surface area contributed by atoms with Crippen LogP contribution >= 0.6 is 0 Å². The number of unbranched alkanes of at least 4 members (excludes halogenated alkanes) is 2. The molecule has 0 aromatic carbocycles. The Bertz CT molecular complexity index is 392. The number of nitrogens with two attached hydrogens (primary N) is 2. The molecule has 5 N–H and O–H groups in total. The Morgan fingerprint density at radius 1 is 1.24 bits per heavy atom. The Kier molecular flexibility index (Phi) is 5.63. The van der Waals surface area contributed by atoms with Gasteiger partial charge in [-0.25, -0.2) is 0 Å². The number of nitrogens with zero attached hydrogens (tertiary/aromatic N) is 3. The number of H-pyrrole nitrogens is 1. The van der Waals surface area contributed by atoms with Crippen molar-refractivity contribution in [2.24, 2.45) is 0 Å². The smallest absolute Gasteiger partial charge is 0.0719 e. The van der Waals surface area contributed by atoms with Crippen LogP contribution in [0.1, 0.15) is 26.2 Å². The number of nitrogen functional groups attached to an aromatic ring is 2. The molecule has 2 aromatic rings. The summed E-state index contributed by atoms with van der Waals surface area (Å²) in [5, 5.41) is 10.2. The molecule has 0 atom stereocenters. The minimum Gasteiger partial charge on any atom is -0.396 e. The fourth-order valence-corrected chi connectivity index (χ4v) is 1.29. The number of nitrogens with one attached hydrogen (secondary N) is 1. The van der Waals surface area contributed by atoms with E-state index >= 15 is 0 Å². The van der Waals surface area contributed by atoms with Crippen LogP contribution in [0.3, 0.4) is 0 Å². The van der Waals surface area contributed by atoms with E-state index in [9.17, 15) is 0 Å². The molecule has 6 nitrogen and oxygen atoms in total. The summed E-state index contributed by atoms with van der Waals surface area (Å²) in [6.07, 6.45) is 10.4. The van der Waals surface area contributed by atoms with Crippen LogP contribution in [0.15, 0.2) is 24.8 Å². The lowest BCUT2D eigenvalue weighted by Crippen LogP contribution is -1.97. The van der Waals surface area contributed by atoms with Gasteiger partial charge in [-0.3, -0.25) is 9.78 Å². The molecule has 0 fully saturated rings. The van der Waals surface area contributed by atoms with Crippen molar-refractivity contribution in [3.05, 3.63) is 24.8 Å². The zero-order valence-corrected chi connectivity index (χ0v) is 10.1. The fraction of sp³-hybridized carbons (Fsp3) is 0.455. The second kappa shape index (κ2) is 7.32. The Morgan fingerprint density at radius 3 is 2.47 bits per heavy atom. The molecule has 2 heterocycles. The first-order chi connectivity index (χ1) is 8.22. The van der Waals surface area contributed by atoms with Gasteiger partial charge < -0.3 is 11.5 Å². The fourth-order valence-electron chi connectivity index (χ4n) is 1.29. The maximum Gasteiger partial charge on any atom is 0.0719 e. The number of anilines is 2. The number of hydrogen-bond donors (Lipinski definition) is 3. The maximum atomic E-state index is 5.50. The van der Waals surface area contributed by atoms with Crippen molar-refractivity contribution in [2.45, 2.75) is 32.7 Å². The van der Waals surface area contributed by atoms with Gasteiger partial charge in [0.15, 0.2) is 0 Å². The van der Waals surface area contributed by atoms with Crippen molar-refractivity contribution in [2.75, 3.05) is 11.5 Å². The van der Waals surface area contributed by atoms with Gasteiger partial charge in [0.05, 0.1) is 23.8 Å². The number of hydrogen-bond acceptors (Lipinski definition) is 4. The molecular weight excluding hydrogens is 216 g/mol. The largest absolute Gasteiger partial charge is 0.396 e. The van der Waals surface area contributed by atoms with Crippen LogP contribution in [0.25, 0.3) is 0 Å². The van der Waals surface area contributed by atoms with Gasteiger partial charge in [-0.1, -0.05) is 19.8 Å². The van der Waals surface area contributed by atoms with E-state index in [2.05, 4.69) is 22.2 Å². The predicted octanol–water partition coefficient (Wildman–Crippen LogP) is 1.65. The second-order valence-electron chi connectivity index (χ2n) is 3.78. The van der Waals surface area contributed by atoms with Gasteiger partial charge in [-0.2, -0.15) is 10.2 Å². The van der Waals surface area contributed by atoms with Crippen molar-refractivity contribution >= 4 is 11.4 Å². The van der Waals surface area contributed by atoms with Crippen molar-refractivity contribution in [3.63, 3.8) is 0 Å². The summed E-state index contributed by atoms with van der Waals surface area (Å²) in [5.41, 5.74) is 12.1. The monoisotopic (exact) mass is 236 g/mol. The number of aryl methyl sites for hydroxylation is 1. The molecule has 0 aliphatic rings. The molecule has 0 spiro atoms. The maximum absolute atomic E-state index is 5.50. The molecule has 2 rings (SSSR count). The van der Waals surface area contributed by atoms with E-state index in [0.717, 1.165) is 12.2 Å². The van der Waals surface area contributed by atoms with E-state index in [1.54, 1.807) is 18.6 Å². The summed E-state index contributed by atoms with van der Waals surface area (Å²) in [4.78, 5) is 0. The minimum absolute atomic E-state index is 0.676. The molecular formula is C11H20N6. The van der Waals surface area contributed by atoms with E-state index in [1.165, 1.54) is 19.3 Å². The second-order valence-corrected chi connectivity index (χ2v) is 3.78. The summed E-state index contributed by atoms with van der Waals surface area (Å²) < 4.78 is 1.89. The molecule has 0 aliphatic carbocycles. The zero-order chi connectivity index (χ0) is 12.5. The lowest BCUT2D eigenvalue weighted by Gasteiger charge is -1.98. The highest BCUT2D eigenvalue weighted by atomic mass is 15.3. The Hall–Kier alpha value is -1.98. The molecule has 94 valence electrons. The van der Waals surface area contributed by atoms with Gasteiger partial charge in [0.2, 0.25) is 0 Å². The Labute approximate surface area is 101 Å². The standard InChI is InChI=1S/C8H15N3.C3H5N3/c1-2-3-4-5-11-7-8(9)6-10-11;4-3-1-5-6-2-3/h6-7H,2-5,9H2,1H3;1-2H,4H2,(H,5,6). The highest BCUT2D eigenvalue weighted by Gasteiger charge is 1.92. The van der Waals surface area contributed by atoms with E-state index in [1.807, 2.05) is 10.9 Å². The Morgan fingerprint density at radius 2 is 2.06 bits per heavy atom. The molecule has 0 unspecified atom stereocenters. The summed E-state index contributed by atoms with van der Waals surface area (Å²) in [6.45, 7) is 3.18. The van der Waals surface area contributed by atoms with Crippen LogP contribution in [-0.2, 0) is 6.54 Å². The lowest BCUT2D eigenvalue weighted by molar-refractivity contribution is 0.553. The van der Waals surface area contributed by atoms with Crippen LogP contribution in [0.4, 0.5) is 11.4 Å². The predicted molar refractivity (Wildman–Crippen MR) is 69.2 cm³/mol. The number of rotatable bonds is 4. The average Bonchev–Trinajstić information content (AvgIpc) is 2.92. The molecule has 0 amide bonds. The van der Waals surface area contributed by atoms with Gasteiger partial charge in [-0.05, 0) is 6.42 Å². The van der Waals surface area contributed by atoms with Crippen LogP contribution in [0.5, 0.6) is 0 Å². The van der Waals surface area contributed by atoms with Crippen molar-refractivity contribution in [3.8, 4) is 0 Å². The van der Waals surface area contributed by atoms with Gasteiger partial charge >= 0.3 is 0 Å². The van der Waals surface area contributed by atoms with Gasteiger partial charge in [0, 0.05) is 18.9 Å². The molecule has 0 radical (unpaired) electrons. The third-order valence-corrected chi connectivity index (χ3v) is 2.16. The third-order valence-electron chi connectivity index (χ3n) is 2.16. The zero-order valence-electron chi connectivity index (χ0n) is 10.1. The lowest BCUT2D eigenvalue weighted by atomic mass is 10.2. The molecule has 17 heavy (non-hydrogen) atoms. The highest BCUT2D eigenvalue weighted by molar-refractivity contribution is 5.30. The van der Waals surface area contributed by atoms with Crippen LogP contribution in [0.2, 0.25) is 0 Å². The summed E-state index contributed by atoms with van der Waals surface area (Å²) in [5.74, 6) is 0. The molecule has 6 heteroatoms. The topological polar surface area (TPSA) is 98.5 Å². The van der Waals surface area contributed by atoms with Crippen LogP contribution in [-0.4, -0.2) is 20.0 Å². The Balaban J connectivity index is 0.000000202. The van der Waals surface area contributed by atoms with E-state index in [-0.39, 0.29) is 0 Å². The van der Waals surface area contributed by atoms with Gasteiger partial charge in [-0.15, -0.1) is 0 Å². The van der Waals surface area contributed by atoms with Crippen molar-refractivity contribution < 1.29 is 0 Å². The van der Waals surface area contributed by atoms with E-state index < -0.39 is 0 Å². The summed E-state index contributed by atoms with van der Waals surface area (Å²) in [7, 11) is 0. The first-order valence-electron chi connectivity index (χ1n) is 5.74. The molecule has 2 aromatic heterocycles. The van der Waals surface area contributed by atoms with Gasteiger partial charge in [0.1, 0.15) is 0 Å². The highest BCUT2D eigenvalue weighted by Crippen LogP contribution is 2.01. The van der Waals surface area contributed by atoms with Gasteiger partial charge in [0.25, 0.3) is 0 Å². The van der Waals surface area contributed by atoms with Crippen molar-refractivity contribution in [1.29, 1.82) is 0 Å². The number of aromatic amines is 1. The molecule has 0 saturated carbocycles. The quantitative estimate of drug-likeness (QED) is 0.703. The van der Waals surface area contributed by atoms with Crippen LogP contribution < -0.4 is 11.5 Å². The normalized spacial score (nSPS) is 9.71. The van der Waals surface area contributed by atoms with Crippen LogP contribution in [0, 0.1) is 0 Å². The summed E-state index contributed by atoms with van der Waals surface area (Å²) >= 11 is 0. The van der Waals surface area contributed by atoms with E-state index in [0.29, 0.717) is 5.69 Å². The summed E-state index contributed by atoms with van der Waals surface area (Å²) in [6, 6.07) is 0. The van der Waals surface area contributed by atoms with E-state index in [4.69, 9.17) is 11.5 Å². The van der Waals surface area contributed by atoms with Crippen molar-refractivity contribution in [1.82, 2.24) is 20.0 Å². The third kappa shape index (κ3) is 5.60. The molecule has 0 aliphatic heterocycles. The SMILES string of the molecule is CCCCCn1cc(N)cn1.Nc1cn[nH]c1. The minimum atomic E-state index is 0.676. The molecule has 0 saturated heterocycles. The first-order valence-corrected chi connectivity index (χ1v) is 5.74. The number of aromatic nitrogens is 4. The molecule has 0 bridgehead atoms.